The van der Waals surface area contributed by atoms with Gasteiger partial charge in [-0.2, -0.15) is 0 Å². The normalized spacial score (nSPS) is 13.0. The Labute approximate surface area is 137 Å². The molecule has 0 aliphatic rings. The molecule has 0 radical (unpaired) electrons. The Morgan fingerprint density at radius 1 is 1.13 bits per heavy atom. The molecule has 1 unspecified atom stereocenters. The Morgan fingerprint density at radius 3 is 2.52 bits per heavy atom. The molecule has 0 saturated heterocycles. The van der Waals surface area contributed by atoms with E-state index in [1.807, 2.05) is 78.9 Å². The standard InChI is InChI=1S/C21H20O2/c1-3-18(19-11-5-4-6-12-19)13-7-9-17-10-8-14-20(15-17)16(2)21(22)23/h3-16H,1H2,2H3,(H,22,23). The van der Waals surface area contributed by atoms with Gasteiger partial charge in [0.25, 0.3) is 0 Å². The number of carboxylic acids is 1. The Hall–Kier alpha value is -2.87. The second-order valence-electron chi connectivity index (χ2n) is 5.28. The molecule has 1 N–H and O–H groups in total. The van der Waals surface area contributed by atoms with E-state index in [0.29, 0.717) is 0 Å². The molecule has 0 aliphatic heterocycles. The fourth-order valence-electron chi connectivity index (χ4n) is 2.25. The molecule has 2 aromatic carbocycles. The van der Waals surface area contributed by atoms with Crippen LogP contribution in [0.4, 0.5) is 0 Å². The molecule has 0 spiro atoms. The lowest BCUT2D eigenvalue weighted by Gasteiger charge is -2.06. The third kappa shape index (κ3) is 4.55. The zero-order valence-corrected chi connectivity index (χ0v) is 13.1. The Bertz CT molecular complexity index is 739. The van der Waals surface area contributed by atoms with Crippen molar-refractivity contribution in [2.24, 2.45) is 0 Å². The molecule has 116 valence electrons. The lowest BCUT2D eigenvalue weighted by Crippen LogP contribution is -2.07. The third-order valence-electron chi connectivity index (χ3n) is 3.67. The molecule has 2 rings (SSSR count). The molecular weight excluding hydrogens is 284 g/mol. The van der Waals surface area contributed by atoms with Crippen LogP contribution in [0.25, 0.3) is 11.6 Å². The lowest BCUT2D eigenvalue weighted by atomic mass is 9.99. The summed E-state index contributed by atoms with van der Waals surface area (Å²) >= 11 is 0. The number of carbonyl (C=O) groups is 1. The average molecular weight is 304 g/mol. The quantitative estimate of drug-likeness (QED) is 0.749. The van der Waals surface area contributed by atoms with Crippen molar-refractivity contribution >= 4 is 17.6 Å². The number of rotatable bonds is 6. The van der Waals surface area contributed by atoms with Crippen molar-refractivity contribution in [1.29, 1.82) is 0 Å². The van der Waals surface area contributed by atoms with Crippen LogP contribution in [0.5, 0.6) is 0 Å². The van der Waals surface area contributed by atoms with E-state index in [2.05, 4.69) is 6.58 Å². The summed E-state index contributed by atoms with van der Waals surface area (Å²) in [5.74, 6) is -1.32. The summed E-state index contributed by atoms with van der Waals surface area (Å²) in [6.45, 7) is 5.54. The summed E-state index contributed by atoms with van der Waals surface area (Å²) in [7, 11) is 0. The van der Waals surface area contributed by atoms with Crippen LogP contribution in [0.2, 0.25) is 0 Å². The van der Waals surface area contributed by atoms with Crippen molar-refractivity contribution in [2.75, 3.05) is 0 Å². The third-order valence-corrected chi connectivity index (χ3v) is 3.67. The lowest BCUT2D eigenvalue weighted by molar-refractivity contribution is -0.138. The molecule has 0 aliphatic carbocycles. The predicted octanol–water partition coefficient (Wildman–Crippen LogP) is 5.16. The molecule has 2 aromatic rings. The maximum Gasteiger partial charge on any atom is 0.310 e. The number of hydrogen-bond donors (Lipinski definition) is 1. The van der Waals surface area contributed by atoms with Gasteiger partial charge >= 0.3 is 5.97 Å². The number of benzene rings is 2. The number of aliphatic carboxylic acids is 1. The molecular formula is C21H20O2. The molecule has 23 heavy (non-hydrogen) atoms. The first-order chi connectivity index (χ1) is 11.1. The number of allylic oxidation sites excluding steroid dienone is 4. The summed E-state index contributed by atoms with van der Waals surface area (Å²) in [4.78, 5) is 11.1. The van der Waals surface area contributed by atoms with Crippen LogP contribution >= 0.6 is 0 Å². The Kier molecular flexibility index (Phi) is 5.70. The van der Waals surface area contributed by atoms with Crippen molar-refractivity contribution in [1.82, 2.24) is 0 Å². The van der Waals surface area contributed by atoms with E-state index < -0.39 is 11.9 Å². The second-order valence-corrected chi connectivity index (χ2v) is 5.28. The van der Waals surface area contributed by atoms with Crippen LogP contribution < -0.4 is 0 Å². The molecule has 0 bridgehead atoms. The van der Waals surface area contributed by atoms with E-state index in [1.54, 1.807) is 6.92 Å². The first-order valence-electron chi connectivity index (χ1n) is 7.51. The van der Waals surface area contributed by atoms with Gasteiger partial charge in [0.2, 0.25) is 0 Å². The summed E-state index contributed by atoms with van der Waals surface area (Å²) in [6.07, 6.45) is 7.73. The maximum absolute atomic E-state index is 11.1. The minimum absolute atomic E-state index is 0.507. The monoisotopic (exact) mass is 304 g/mol. The highest BCUT2D eigenvalue weighted by Gasteiger charge is 2.12. The largest absolute Gasteiger partial charge is 0.481 e. The van der Waals surface area contributed by atoms with Crippen molar-refractivity contribution in [2.45, 2.75) is 12.8 Å². The van der Waals surface area contributed by atoms with Crippen LogP contribution in [-0.4, -0.2) is 11.1 Å². The van der Waals surface area contributed by atoms with Gasteiger partial charge in [0.15, 0.2) is 0 Å². The molecule has 0 amide bonds. The molecule has 2 nitrogen and oxygen atoms in total. The molecule has 0 aromatic heterocycles. The van der Waals surface area contributed by atoms with Gasteiger partial charge in [-0.15, -0.1) is 0 Å². The summed E-state index contributed by atoms with van der Waals surface area (Å²) in [5.41, 5.74) is 3.93. The molecule has 2 heteroatoms. The first-order valence-corrected chi connectivity index (χ1v) is 7.51. The summed E-state index contributed by atoms with van der Waals surface area (Å²) in [5, 5.41) is 9.09. The van der Waals surface area contributed by atoms with E-state index in [9.17, 15) is 4.79 Å². The Balaban J connectivity index is 2.20. The van der Waals surface area contributed by atoms with Crippen molar-refractivity contribution in [3.63, 3.8) is 0 Å². The molecule has 0 saturated carbocycles. The van der Waals surface area contributed by atoms with Crippen LogP contribution in [0.15, 0.2) is 79.4 Å². The van der Waals surface area contributed by atoms with Gasteiger partial charge in [-0.05, 0) is 29.2 Å². The van der Waals surface area contributed by atoms with Gasteiger partial charge in [-0.25, -0.2) is 0 Å². The predicted molar refractivity (Wildman–Crippen MR) is 96.1 cm³/mol. The summed E-state index contributed by atoms with van der Waals surface area (Å²) < 4.78 is 0. The van der Waals surface area contributed by atoms with E-state index in [4.69, 9.17) is 5.11 Å². The number of hydrogen-bond acceptors (Lipinski definition) is 1. The molecule has 0 fully saturated rings. The maximum atomic E-state index is 11.1. The first kappa shape index (κ1) is 16.5. The van der Waals surface area contributed by atoms with E-state index >= 15 is 0 Å². The van der Waals surface area contributed by atoms with Crippen molar-refractivity contribution in [3.8, 4) is 0 Å². The molecule has 1 atom stereocenters. The van der Waals surface area contributed by atoms with E-state index in [-0.39, 0.29) is 0 Å². The summed E-state index contributed by atoms with van der Waals surface area (Å²) in [6, 6.07) is 17.6. The van der Waals surface area contributed by atoms with Gasteiger partial charge in [0.05, 0.1) is 5.92 Å². The minimum Gasteiger partial charge on any atom is -0.481 e. The van der Waals surface area contributed by atoms with Gasteiger partial charge in [-0.3, -0.25) is 4.79 Å². The van der Waals surface area contributed by atoms with Crippen LogP contribution in [0, 0.1) is 0 Å². The highest BCUT2D eigenvalue weighted by molar-refractivity contribution is 5.77. The van der Waals surface area contributed by atoms with Gasteiger partial charge in [0.1, 0.15) is 0 Å². The van der Waals surface area contributed by atoms with E-state index in [0.717, 1.165) is 22.3 Å². The van der Waals surface area contributed by atoms with E-state index in [1.165, 1.54) is 0 Å². The van der Waals surface area contributed by atoms with Gasteiger partial charge in [-0.1, -0.05) is 85.5 Å². The zero-order chi connectivity index (χ0) is 16.7. The van der Waals surface area contributed by atoms with Crippen LogP contribution in [0.3, 0.4) is 0 Å². The number of carboxylic acid groups (broad SMARTS) is 1. The van der Waals surface area contributed by atoms with Crippen LogP contribution in [-0.2, 0) is 4.79 Å². The zero-order valence-electron chi connectivity index (χ0n) is 13.1. The highest BCUT2D eigenvalue weighted by Crippen LogP contribution is 2.18. The Morgan fingerprint density at radius 2 is 1.87 bits per heavy atom. The van der Waals surface area contributed by atoms with Gasteiger partial charge in [0, 0.05) is 0 Å². The molecule has 0 heterocycles. The fraction of sp³-hybridized carbons (Fsp3) is 0.0952. The van der Waals surface area contributed by atoms with Gasteiger partial charge < -0.3 is 5.11 Å². The smallest absolute Gasteiger partial charge is 0.310 e. The SMILES string of the molecule is C=CC(=CC=Cc1cccc(C(C)C(=O)O)c1)c1ccccc1. The topological polar surface area (TPSA) is 37.3 Å². The fourth-order valence-corrected chi connectivity index (χ4v) is 2.25. The van der Waals surface area contributed by atoms with Crippen LogP contribution in [0.1, 0.15) is 29.5 Å². The van der Waals surface area contributed by atoms with Crippen molar-refractivity contribution < 1.29 is 9.90 Å². The van der Waals surface area contributed by atoms with Crippen molar-refractivity contribution in [3.05, 3.63) is 96.1 Å². The average Bonchev–Trinajstić information content (AvgIpc) is 2.59. The second kappa shape index (κ2) is 7.95. The minimum atomic E-state index is -0.816. The highest BCUT2D eigenvalue weighted by atomic mass is 16.4.